The second kappa shape index (κ2) is 6.70. The van der Waals surface area contributed by atoms with Crippen LogP contribution in [0.15, 0.2) is 0 Å². The summed E-state index contributed by atoms with van der Waals surface area (Å²) in [5.74, 6) is -0.310. The number of nitrogens with zero attached hydrogens (tertiary/aromatic N) is 1. The molecule has 0 spiro atoms. The molecule has 0 saturated carbocycles. The lowest BCUT2D eigenvalue weighted by atomic mass is 10.0. The summed E-state index contributed by atoms with van der Waals surface area (Å²) in [5, 5.41) is 9.68. The summed E-state index contributed by atoms with van der Waals surface area (Å²) in [4.78, 5) is 21.8. The Labute approximate surface area is 90.6 Å². The third-order valence-corrected chi connectivity index (χ3v) is 2.39. The van der Waals surface area contributed by atoms with Gasteiger partial charge in [0, 0.05) is 0 Å². The van der Waals surface area contributed by atoms with Crippen molar-refractivity contribution in [1.82, 2.24) is 0 Å². The molecule has 2 N–H and O–H groups in total. The Balaban J connectivity index is 4.28. The molecular formula is C7H10N2O3S2. The summed E-state index contributed by atoms with van der Waals surface area (Å²) in [5.41, 5.74) is 3.86. The van der Waals surface area contributed by atoms with Crippen LogP contribution in [0.3, 0.4) is 0 Å². The van der Waals surface area contributed by atoms with Crippen LogP contribution in [0.4, 0.5) is 0 Å². The Kier molecular flexibility index (Phi) is 6.36. The highest BCUT2D eigenvalue weighted by Gasteiger charge is 2.35. The molecule has 78 valence electrons. The van der Waals surface area contributed by atoms with Crippen LogP contribution in [-0.4, -0.2) is 29.8 Å². The van der Waals surface area contributed by atoms with Crippen molar-refractivity contribution < 1.29 is 13.8 Å². The van der Waals surface area contributed by atoms with Crippen molar-refractivity contribution in [2.75, 3.05) is 12.0 Å². The van der Waals surface area contributed by atoms with Gasteiger partial charge in [-0.2, -0.15) is 17.0 Å². The summed E-state index contributed by atoms with van der Waals surface area (Å²) in [7, 11) is 0. The Morgan fingerprint density at radius 1 is 1.79 bits per heavy atom. The molecule has 5 nitrogen and oxygen atoms in total. The minimum atomic E-state index is -1.63. The Morgan fingerprint density at radius 2 is 2.43 bits per heavy atom. The van der Waals surface area contributed by atoms with Gasteiger partial charge in [0.15, 0.2) is 29.3 Å². The van der Waals surface area contributed by atoms with E-state index in [2.05, 4.69) is 4.18 Å². The summed E-state index contributed by atoms with van der Waals surface area (Å²) < 4.78 is 4.40. The van der Waals surface area contributed by atoms with Gasteiger partial charge in [-0.25, -0.2) is 4.79 Å². The molecule has 0 fully saturated rings. The molecule has 14 heavy (non-hydrogen) atoms. The zero-order valence-corrected chi connectivity index (χ0v) is 9.19. The highest BCUT2D eigenvalue weighted by Crippen LogP contribution is 2.13. The van der Waals surface area contributed by atoms with Crippen molar-refractivity contribution in [2.45, 2.75) is 12.0 Å². The predicted molar refractivity (Wildman–Crippen MR) is 55.3 cm³/mol. The van der Waals surface area contributed by atoms with Gasteiger partial charge < -0.3 is 14.7 Å². The number of hydrogen-bond acceptors (Lipinski definition) is 7. The molecule has 0 aromatic rings. The monoisotopic (exact) mass is 234 g/mol. The smallest absolute Gasteiger partial charge is 0.346 e. The van der Waals surface area contributed by atoms with Gasteiger partial charge in [-0.15, -0.1) is 0 Å². The normalized spacial score (nSPS) is 13.8. The van der Waals surface area contributed by atoms with E-state index in [-0.39, 0.29) is 6.42 Å². The van der Waals surface area contributed by atoms with Gasteiger partial charge >= 0.3 is 5.97 Å². The van der Waals surface area contributed by atoms with Crippen molar-refractivity contribution >= 4 is 36.1 Å². The maximum Gasteiger partial charge on any atom is 0.346 e. The number of nitriles is 1. The average Bonchev–Trinajstić information content (AvgIpc) is 2.22. The number of nitrogens with two attached hydrogens (primary N) is 1. The van der Waals surface area contributed by atoms with Gasteiger partial charge in [0.2, 0.25) is 0 Å². The van der Waals surface area contributed by atoms with E-state index in [1.54, 1.807) is 5.40 Å². The quantitative estimate of drug-likeness (QED) is 0.306. The van der Waals surface area contributed by atoms with Crippen LogP contribution in [0.1, 0.15) is 6.42 Å². The fraction of sp³-hybridized carbons (Fsp3) is 0.571. The zero-order chi connectivity index (χ0) is 11.0. The lowest BCUT2D eigenvalue weighted by Gasteiger charge is -2.18. The van der Waals surface area contributed by atoms with E-state index in [4.69, 9.17) is 11.0 Å². The van der Waals surface area contributed by atoms with E-state index < -0.39 is 11.5 Å². The largest absolute Gasteiger partial charge is 0.374 e. The maximum atomic E-state index is 11.2. The van der Waals surface area contributed by atoms with Crippen LogP contribution in [0.25, 0.3) is 0 Å². The first-order valence-corrected chi connectivity index (χ1v) is 5.75. The van der Waals surface area contributed by atoms with Crippen molar-refractivity contribution in [3.63, 3.8) is 0 Å². The number of rotatable bonds is 6. The Morgan fingerprint density at radius 3 is 2.86 bits per heavy atom. The highest BCUT2D eigenvalue weighted by molar-refractivity contribution is 7.99. The molecule has 0 amide bonds. The summed E-state index contributed by atoms with van der Waals surface area (Å²) in [6, 6.07) is 0. The van der Waals surface area contributed by atoms with Gasteiger partial charge in [0.1, 0.15) is 0 Å². The molecule has 0 aliphatic rings. The number of carbonyl (C=O) groups is 2. The van der Waals surface area contributed by atoms with Crippen LogP contribution < -0.4 is 5.73 Å². The molecule has 1 atom stereocenters. The van der Waals surface area contributed by atoms with E-state index in [1.165, 1.54) is 11.8 Å². The van der Waals surface area contributed by atoms with Gasteiger partial charge in [-0.1, -0.05) is 0 Å². The lowest BCUT2D eigenvalue weighted by molar-refractivity contribution is -0.141. The average molecular weight is 234 g/mol. The summed E-state index contributed by atoms with van der Waals surface area (Å²) in [6.45, 7) is 0. The topological polar surface area (TPSA) is 93.2 Å². The van der Waals surface area contributed by atoms with Crippen LogP contribution >= 0.6 is 23.8 Å². The predicted octanol–water partition coefficient (Wildman–Crippen LogP) is 0.308. The minimum absolute atomic E-state index is 0.197. The summed E-state index contributed by atoms with van der Waals surface area (Å²) in [6.07, 6.45) is 2.38. The minimum Gasteiger partial charge on any atom is -0.374 e. The molecule has 0 aliphatic carbocycles. The molecule has 0 aliphatic heterocycles. The first-order valence-electron chi connectivity index (χ1n) is 3.62. The molecule has 0 bridgehead atoms. The molecule has 0 saturated heterocycles. The van der Waals surface area contributed by atoms with Gasteiger partial charge in [0.25, 0.3) is 0 Å². The first kappa shape index (κ1) is 13.3. The first-order chi connectivity index (χ1) is 6.60. The van der Waals surface area contributed by atoms with E-state index in [0.717, 1.165) is 0 Å². The Bertz CT molecular complexity index is 254. The Hall–Kier alpha value is -0.710. The lowest BCUT2D eigenvalue weighted by Crippen LogP contribution is -2.50. The van der Waals surface area contributed by atoms with E-state index in [1.807, 2.05) is 6.26 Å². The third kappa shape index (κ3) is 4.00. The maximum absolute atomic E-state index is 11.2. The van der Waals surface area contributed by atoms with Crippen LogP contribution in [0.2, 0.25) is 0 Å². The molecular weight excluding hydrogens is 224 g/mol. The number of thiocyanates is 1. The van der Waals surface area contributed by atoms with E-state index in [0.29, 0.717) is 24.1 Å². The van der Waals surface area contributed by atoms with Crippen molar-refractivity contribution in [2.24, 2.45) is 5.73 Å². The molecule has 7 heteroatoms. The zero-order valence-electron chi connectivity index (χ0n) is 7.56. The molecule has 0 radical (unpaired) electrons. The van der Waals surface area contributed by atoms with Gasteiger partial charge in [-0.3, -0.25) is 0 Å². The fourth-order valence-electron chi connectivity index (χ4n) is 0.614. The second-order valence-electron chi connectivity index (χ2n) is 2.45. The molecule has 0 aromatic heterocycles. The number of aldehydes is 1. The van der Waals surface area contributed by atoms with Crippen LogP contribution in [0.5, 0.6) is 0 Å². The number of carbonyl (C=O) groups excluding carboxylic acids is 2. The van der Waals surface area contributed by atoms with Crippen molar-refractivity contribution in [1.29, 1.82) is 5.26 Å². The van der Waals surface area contributed by atoms with E-state index >= 15 is 0 Å². The van der Waals surface area contributed by atoms with Crippen molar-refractivity contribution in [3.8, 4) is 5.40 Å². The van der Waals surface area contributed by atoms with Crippen LogP contribution in [-0.2, 0) is 13.8 Å². The van der Waals surface area contributed by atoms with Crippen LogP contribution in [0, 0.1) is 10.7 Å². The molecule has 0 heterocycles. The second-order valence-corrected chi connectivity index (χ2v) is 3.95. The molecule has 0 aromatic carbocycles. The van der Waals surface area contributed by atoms with Gasteiger partial charge in [-0.05, 0) is 18.4 Å². The number of thioether (sulfide) groups is 1. The fourth-order valence-corrected chi connectivity index (χ4v) is 1.42. The standard InChI is InChI=1S/C7H10N2O3S2/c1-13-3-2-7(9,4-10)6(11)12-14-5-8/h4H,2-3,9H2,1H3. The highest BCUT2D eigenvalue weighted by atomic mass is 32.2. The van der Waals surface area contributed by atoms with Gasteiger partial charge in [0.05, 0.1) is 0 Å². The molecule has 0 rings (SSSR count). The number of hydrogen-bond donors (Lipinski definition) is 1. The third-order valence-electron chi connectivity index (χ3n) is 1.46. The van der Waals surface area contributed by atoms with Crippen molar-refractivity contribution in [3.05, 3.63) is 0 Å². The van der Waals surface area contributed by atoms with E-state index in [9.17, 15) is 9.59 Å². The molecule has 1 unspecified atom stereocenters. The summed E-state index contributed by atoms with van der Waals surface area (Å²) >= 11 is 1.77. The SMILES string of the molecule is CSCCC(N)(C=O)C(=O)OSC#N.